The largest absolute Gasteiger partial charge is 0.489 e. The first kappa shape index (κ1) is 24.8. The average Bonchev–Trinajstić information content (AvgIpc) is 3.22. The van der Waals surface area contributed by atoms with Gasteiger partial charge in [-0.2, -0.15) is 0 Å². The molecule has 3 aromatic carbocycles. The maximum Gasteiger partial charge on any atom is 0.165 e. The van der Waals surface area contributed by atoms with Gasteiger partial charge >= 0.3 is 0 Å². The van der Waals surface area contributed by atoms with Crippen LogP contribution in [-0.2, 0) is 17.6 Å². The number of hydrogen-bond acceptors (Lipinski definition) is 5. The Balaban J connectivity index is 1.22. The van der Waals surface area contributed by atoms with Crippen LogP contribution in [0.1, 0.15) is 53.7 Å². The quantitative estimate of drug-likeness (QED) is 0.482. The predicted molar refractivity (Wildman–Crippen MR) is 135 cm³/mol. The third-order valence-corrected chi connectivity index (χ3v) is 7.15. The molecule has 0 amide bonds. The fourth-order valence-electron chi connectivity index (χ4n) is 5.14. The first-order valence-electron chi connectivity index (χ1n) is 12.5. The van der Waals surface area contributed by atoms with Gasteiger partial charge in [-0.25, -0.2) is 4.39 Å². The lowest BCUT2D eigenvalue weighted by Crippen LogP contribution is -2.37. The van der Waals surface area contributed by atoms with E-state index < -0.39 is 11.7 Å². The van der Waals surface area contributed by atoms with Crippen LogP contribution in [0.25, 0.3) is 0 Å². The van der Waals surface area contributed by atoms with Crippen molar-refractivity contribution in [2.45, 2.75) is 63.4 Å². The van der Waals surface area contributed by atoms with Crippen molar-refractivity contribution >= 4 is 0 Å². The molecule has 36 heavy (non-hydrogen) atoms. The second kappa shape index (κ2) is 10.2. The van der Waals surface area contributed by atoms with E-state index in [1.165, 1.54) is 17.2 Å². The van der Waals surface area contributed by atoms with E-state index in [4.69, 9.17) is 14.2 Å². The van der Waals surface area contributed by atoms with E-state index in [1.54, 1.807) is 6.07 Å². The van der Waals surface area contributed by atoms with Gasteiger partial charge in [0.15, 0.2) is 11.6 Å². The van der Waals surface area contributed by atoms with Gasteiger partial charge in [-0.05, 0) is 60.7 Å². The van der Waals surface area contributed by atoms with Crippen LogP contribution in [0.5, 0.6) is 11.5 Å². The number of halogens is 1. The fraction of sp³-hybridized carbons (Fsp3) is 0.400. The number of hydrogen-bond donors (Lipinski definition) is 2. The highest BCUT2D eigenvalue weighted by molar-refractivity contribution is 5.41. The molecule has 0 aliphatic carbocycles. The lowest BCUT2D eigenvalue weighted by Gasteiger charge is -2.32. The lowest BCUT2D eigenvalue weighted by atomic mass is 9.92. The number of fused-ring (bicyclic) bond motifs is 1. The number of rotatable bonds is 7. The molecule has 1 fully saturated rings. The lowest BCUT2D eigenvalue weighted by molar-refractivity contribution is -0.113. The van der Waals surface area contributed by atoms with Crippen LogP contribution in [0, 0.1) is 12.7 Å². The molecule has 0 aromatic heterocycles. The smallest absolute Gasteiger partial charge is 0.165 e. The molecular weight excluding hydrogens is 459 g/mol. The summed E-state index contributed by atoms with van der Waals surface area (Å²) in [6, 6.07) is 19.3. The van der Waals surface area contributed by atoms with Crippen LogP contribution in [0.3, 0.4) is 0 Å². The minimum Gasteiger partial charge on any atom is -0.489 e. The van der Waals surface area contributed by atoms with Crippen LogP contribution in [0.2, 0.25) is 0 Å². The Kier molecular flexibility index (Phi) is 7.02. The second-order valence-corrected chi connectivity index (χ2v) is 10.3. The van der Waals surface area contributed by atoms with Gasteiger partial charge in [0.25, 0.3) is 0 Å². The molecular formula is C30H33FO5. The number of aryl methyl sites for hydroxylation is 1. The summed E-state index contributed by atoms with van der Waals surface area (Å²) >= 11 is 0. The number of benzene rings is 3. The molecule has 5 rings (SSSR count). The van der Waals surface area contributed by atoms with E-state index in [-0.39, 0.29) is 24.6 Å². The van der Waals surface area contributed by atoms with Crippen molar-refractivity contribution in [1.29, 1.82) is 0 Å². The normalized spacial score (nSPS) is 25.3. The second-order valence-electron chi connectivity index (χ2n) is 10.3. The first-order chi connectivity index (χ1) is 17.3. The molecule has 0 radical (unpaired) electrons. The van der Waals surface area contributed by atoms with Crippen molar-refractivity contribution in [1.82, 2.24) is 0 Å². The van der Waals surface area contributed by atoms with Gasteiger partial charge in [-0.3, -0.25) is 0 Å². The van der Waals surface area contributed by atoms with Gasteiger partial charge in [-0.15, -0.1) is 0 Å². The van der Waals surface area contributed by atoms with Crippen molar-refractivity contribution < 1.29 is 28.8 Å². The number of ether oxygens (including phenoxy) is 3. The molecule has 5 nitrogen and oxygen atoms in total. The molecule has 4 unspecified atom stereocenters. The zero-order chi connectivity index (χ0) is 25.3. The Morgan fingerprint density at radius 1 is 1.08 bits per heavy atom. The fourth-order valence-corrected chi connectivity index (χ4v) is 5.14. The third kappa shape index (κ3) is 5.41. The molecule has 6 heteroatoms. The van der Waals surface area contributed by atoms with Crippen molar-refractivity contribution in [2.24, 2.45) is 0 Å². The molecule has 0 bridgehead atoms. The summed E-state index contributed by atoms with van der Waals surface area (Å²) in [5, 5.41) is 19.7. The molecule has 2 aliphatic rings. The van der Waals surface area contributed by atoms with E-state index in [1.807, 2.05) is 31.2 Å². The molecule has 4 atom stereocenters. The van der Waals surface area contributed by atoms with Crippen LogP contribution in [-0.4, -0.2) is 41.2 Å². The number of para-hydroxylation sites is 1. The molecule has 0 spiro atoms. The molecule has 2 aliphatic heterocycles. The monoisotopic (exact) mass is 492 g/mol. The van der Waals surface area contributed by atoms with Crippen molar-refractivity contribution in [3.8, 4) is 11.5 Å². The first-order valence-corrected chi connectivity index (χ1v) is 12.5. The maximum absolute atomic E-state index is 14.0. The predicted octanol–water partition coefficient (Wildman–Crippen LogP) is 5.07. The minimum absolute atomic E-state index is 0.0875. The summed E-state index contributed by atoms with van der Waals surface area (Å²) in [4.78, 5) is 0. The van der Waals surface area contributed by atoms with E-state index in [2.05, 4.69) is 31.2 Å². The number of aliphatic hydroxyl groups is 2. The summed E-state index contributed by atoms with van der Waals surface area (Å²) < 4.78 is 32.0. The average molecular weight is 493 g/mol. The molecule has 2 N–H and O–H groups in total. The molecule has 3 aromatic rings. The zero-order valence-electron chi connectivity index (χ0n) is 20.7. The van der Waals surface area contributed by atoms with Crippen molar-refractivity contribution in [2.75, 3.05) is 13.2 Å². The van der Waals surface area contributed by atoms with Gasteiger partial charge in [0.05, 0.1) is 24.9 Å². The van der Waals surface area contributed by atoms with Gasteiger partial charge in [0.1, 0.15) is 18.0 Å². The van der Waals surface area contributed by atoms with Crippen LogP contribution in [0.15, 0.2) is 60.7 Å². The Labute approximate surface area is 211 Å². The summed E-state index contributed by atoms with van der Waals surface area (Å²) in [6.07, 6.45) is 1.34. The van der Waals surface area contributed by atoms with Gasteiger partial charge in [0, 0.05) is 24.8 Å². The molecule has 1 saturated heterocycles. The Hall–Kier alpha value is -2.93. The highest BCUT2D eigenvalue weighted by Crippen LogP contribution is 2.37. The summed E-state index contributed by atoms with van der Waals surface area (Å²) in [5.41, 5.74) is 4.82. The highest BCUT2D eigenvalue weighted by atomic mass is 19.1. The van der Waals surface area contributed by atoms with Gasteiger partial charge in [-0.1, -0.05) is 42.5 Å². The minimum atomic E-state index is -0.607. The molecule has 0 saturated carbocycles. The zero-order valence-corrected chi connectivity index (χ0v) is 20.7. The van der Waals surface area contributed by atoms with Gasteiger partial charge < -0.3 is 24.4 Å². The van der Waals surface area contributed by atoms with Crippen LogP contribution in [0.4, 0.5) is 4.39 Å². The summed E-state index contributed by atoms with van der Waals surface area (Å²) in [7, 11) is 0. The summed E-state index contributed by atoms with van der Waals surface area (Å²) in [6.45, 7) is 4.26. The topological polar surface area (TPSA) is 68.2 Å². The Morgan fingerprint density at radius 3 is 2.64 bits per heavy atom. The highest BCUT2D eigenvalue weighted by Gasteiger charge is 2.37. The van der Waals surface area contributed by atoms with E-state index >= 15 is 0 Å². The summed E-state index contributed by atoms with van der Waals surface area (Å²) in [5.74, 6) is 0.737. The number of aliphatic hydroxyl groups excluding tert-OH is 2. The van der Waals surface area contributed by atoms with Crippen molar-refractivity contribution in [3.63, 3.8) is 0 Å². The van der Waals surface area contributed by atoms with Crippen LogP contribution < -0.4 is 9.47 Å². The van der Waals surface area contributed by atoms with E-state index in [0.717, 1.165) is 28.9 Å². The van der Waals surface area contributed by atoms with E-state index in [9.17, 15) is 14.6 Å². The molecule has 190 valence electrons. The standard InChI is InChI=1S/C30H33FO5/c1-19-6-9-21(28-15-24(33)14-26(17-32)35-28)13-23(19)12-20-7-10-25(11-8-20)34-18-30(2)16-22-4-3-5-27(31)29(22)36-30/h3-11,13,24,26,28,32-33H,12,14-18H2,1-2H3. The third-order valence-electron chi connectivity index (χ3n) is 7.15. The molecule has 2 heterocycles. The Morgan fingerprint density at radius 2 is 1.89 bits per heavy atom. The van der Waals surface area contributed by atoms with Gasteiger partial charge in [0.2, 0.25) is 0 Å². The maximum atomic E-state index is 14.0. The van der Waals surface area contributed by atoms with Crippen molar-refractivity contribution in [3.05, 3.63) is 94.3 Å². The SMILES string of the molecule is Cc1ccc(C2CC(O)CC(CO)O2)cc1Cc1ccc(OCC2(C)Cc3cccc(F)c3O2)cc1. The van der Waals surface area contributed by atoms with Crippen LogP contribution >= 0.6 is 0 Å². The Bertz CT molecular complexity index is 1210. The van der Waals surface area contributed by atoms with E-state index in [0.29, 0.717) is 31.6 Å².